The van der Waals surface area contributed by atoms with E-state index in [4.69, 9.17) is 34.2 Å². The summed E-state index contributed by atoms with van der Waals surface area (Å²) in [6.07, 6.45) is 0. The van der Waals surface area contributed by atoms with Crippen molar-refractivity contribution in [2.24, 2.45) is 27.2 Å². The molecular formula is C17H20N8O2S. The van der Waals surface area contributed by atoms with Crippen molar-refractivity contribution < 1.29 is 9.53 Å². The molecule has 0 aliphatic heterocycles. The Morgan fingerprint density at radius 2 is 1.71 bits per heavy atom. The number of carbonyl (C=O) groups excluding carboxylic acids is 1. The van der Waals surface area contributed by atoms with Crippen LogP contribution in [-0.2, 0) is 0 Å². The molecule has 9 N–H and O–H groups in total. The number of nitrogens with one attached hydrogen (secondary N) is 3. The molecule has 0 spiro atoms. The second-order valence-electron chi connectivity index (χ2n) is 5.29. The van der Waals surface area contributed by atoms with Crippen LogP contribution < -0.4 is 38.1 Å². The number of hydrazine groups is 1. The second-order valence-corrected chi connectivity index (χ2v) is 5.69. The number of guanidine groups is 2. The number of nitrogens with two attached hydrogens (primary N) is 3. The number of aliphatic imine (C=N–C) groups is 2. The Kier molecular flexibility index (Phi) is 7.11. The van der Waals surface area contributed by atoms with Crippen molar-refractivity contribution in [2.75, 3.05) is 12.4 Å². The molecule has 0 fully saturated rings. The topological polar surface area (TPSA) is 165 Å². The van der Waals surface area contributed by atoms with Gasteiger partial charge in [-0.1, -0.05) is 12.1 Å². The third-order valence-electron chi connectivity index (χ3n) is 3.26. The van der Waals surface area contributed by atoms with E-state index in [1.807, 2.05) is 0 Å². The summed E-state index contributed by atoms with van der Waals surface area (Å²) in [5.41, 5.74) is 22.5. The molecule has 146 valence electrons. The highest BCUT2D eigenvalue weighted by molar-refractivity contribution is 7.80. The number of para-hydroxylation sites is 1. The molecule has 0 aliphatic carbocycles. The average Bonchev–Trinajstić information content (AvgIpc) is 2.66. The fraction of sp³-hybridized carbons (Fsp3) is 0.0588. The summed E-state index contributed by atoms with van der Waals surface area (Å²) >= 11 is 5.15. The smallest absolute Gasteiger partial charge is 0.271 e. The molecular weight excluding hydrogens is 380 g/mol. The minimum absolute atomic E-state index is 0.176. The van der Waals surface area contributed by atoms with Crippen molar-refractivity contribution >= 4 is 46.5 Å². The van der Waals surface area contributed by atoms with Crippen molar-refractivity contribution in [3.63, 3.8) is 0 Å². The third-order valence-corrected chi connectivity index (χ3v) is 3.47. The molecule has 0 aromatic heterocycles. The zero-order valence-corrected chi connectivity index (χ0v) is 15.8. The molecule has 0 aliphatic rings. The predicted octanol–water partition coefficient (Wildman–Crippen LogP) is 0.546. The normalized spacial score (nSPS) is 10.5. The quantitative estimate of drug-likeness (QED) is 0.187. The fourth-order valence-corrected chi connectivity index (χ4v) is 2.23. The van der Waals surface area contributed by atoms with E-state index >= 15 is 0 Å². The number of nitrogens with zero attached hydrogens (tertiary/aromatic N) is 2. The lowest BCUT2D eigenvalue weighted by molar-refractivity contribution is 0.0945. The van der Waals surface area contributed by atoms with Gasteiger partial charge in [-0.3, -0.25) is 15.6 Å². The van der Waals surface area contributed by atoms with Gasteiger partial charge in [0.2, 0.25) is 5.96 Å². The zero-order valence-electron chi connectivity index (χ0n) is 15.0. The number of benzene rings is 2. The average molecular weight is 400 g/mol. The molecule has 0 heterocycles. The molecule has 10 nitrogen and oxygen atoms in total. The fourth-order valence-electron chi connectivity index (χ4n) is 2.06. The monoisotopic (exact) mass is 400 g/mol. The first-order valence-corrected chi connectivity index (χ1v) is 8.34. The van der Waals surface area contributed by atoms with Crippen molar-refractivity contribution in [1.29, 1.82) is 0 Å². The molecule has 2 aromatic rings. The Morgan fingerprint density at radius 1 is 1.04 bits per heavy atom. The number of hydrogen-bond donors (Lipinski definition) is 6. The van der Waals surface area contributed by atoms with E-state index in [1.165, 1.54) is 0 Å². The number of methoxy groups -OCH3 is 1. The molecule has 0 atom stereocenters. The van der Waals surface area contributed by atoms with Gasteiger partial charge in [-0.05, 0) is 48.6 Å². The lowest BCUT2D eigenvalue weighted by atomic mass is 10.2. The Hall–Kier alpha value is -3.86. The maximum atomic E-state index is 12.4. The summed E-state index contributed by atoms with van der Waals surface area (Å²) in [6, 6.07) is 13.7. The van der Waals surface area contributed by atoms with Crippen LogP contribution in [0, 0.1) is 0 Å². The van der Waals surface area contributed by atoms with E-state index in [2.05, 4.69) is 26.2 Å². The number of rotatable bonds is 4. The van der Waals surface area contributed by atoms with Crippen molar-refractivity contribution in [2.45, 2.75) is 0 Å². The van der Waals surface area contributed by atoms with Gasteiger partial charge in [0, 0.05) is 5.69 Å². The van der Waals surface area contributed by atoms with E-state index in [1.54, 1.807) is 55.6 Å². The molecule has 0 bridgehead atoms. The van der Waals surface area contributed by atoms with Crippen LogP contribution in [0.25, 0.3) is 0 Å². The zero-order chi connectivity index (χ0) is 20.5. The van der Waals surface area contributed by atoms with Gasteiger partial charge in [-0.25, -0.2) is 4.99 Å². The van der Waals surface area contributed by atoms with Crippen LogP contribution in [0.1, 0.15) is 10.4 Å². The molecule has 0 unspecified atom stereocenters. The summed E-state index contributed by atoms with van der Waals surface area (Å²) in [7, 11) is 1.58. The van der Waals surface area contributed by atoms with E-state index in [0.717, 1.165) is 11.4 Å². The molecule has 2 aromatic carbocycles. The minimum Gasteiger partial charge on any atom is -0.497 e. The third kappa shape index (κ3) is 6.14. The SMILES string of the molecule is COc1ccc(NC(=S)NNC(=O)c2ccccc2N=C(N)N=C(N)N)cc1. The predicted molar refractivity (Wildman–Crippen MR) is 113 cm³/mol. The lowest BCUT2D eigenvalue weighted by Gasteiger charge is -2.12. The van der Waals surface area contributed by atoms with Gasteiger partial charge in [0.05, 0.1) is 18.4 Å². The van der Waals surface area contributed by atoms with Gasteiger partial charge in [-0.2, -0.15) is 4.99 Å². The minimum atomic E-state index is -0.476. The van der Waals surface area contributed by atoms with Crippen LogP contribution in [0.3, 0.4) is 0 Å². The van der Waals surface area contributed by atoms with Gasteiger partial charge >= 0.3 is 0 Å². The number of ether oxygens (including phenoxy) is 1. The molecule has 0 radical (unpaired) electrons. The van der Waals surface area contributed by atoms with Gasteiger partial charge in [-0.15, -0.1) is 0 Å². The van der Waals surface area contributed by atoms with Crippen LogP contribution in [0.2, 0.25) is 0 Å². The first-order valence-electron chi connectivity index (χ1n) is 7.93. The highest BCUT2D eigenvalue weighted by atomic mass is 32.1. The molecule has 11 heteroatoms. The molecule has 28 heavy (non-hydrogen) atoms. The Bertz CT molecular complexity index is 908. The number of thiocarbonyl (C=S) groups is 1. The van der Waals surface area contributed by atoms with Crippen LogP contribution in [0.5, 0.6) is 5.75 Å². The maximum Gasteiger partial charge on any atom is 0.271 e. The number of anilines is 1. The molecule has 1 amide bonds. The Morgan fingerprint density at radius 3 is 2.36 bits per heavy atom. The highest BCUT2D eigenvalue weighted by Crippen LogP contribution is 2.18. The Labute approximate surface area is 166 Å². The standard InChI is InChI=1S/C17H20N8O2S/c1-27-11-8-6-10(7-9-11)21-17(28)25-24-14(26)12-4-2-3-5-13(12)22-16(20)23-15(18)19/h2-9H,1H3,(H,24,26)(H2,21,25,28)(H6,18,19,20,22,23). The molecule has 0 saturated heterocycles. The van der Waals surface area contributed by atoms with Crippen molar-refractivity contribution in [3.8, 4) is 5.75 Å². The van der Waals surface area contributed by atoms with E-state index in [9.17, 15) is 4.79 Å². The first-order chi connectivity index (χ1) is 13.4. The Balaban J connectivity index is 2.01. The van der Waals surface area contributed by atoms with Gasteiger partial charge in [0.15, 0.2) is 11.1 Å². The van der Waals surface area contributed by atoms with E-state index in [0.29, 0.717) is 5.69 Å². The molecule has 0 saturated carbocycles. The highest BCUT2D eigenvalue weighted by Gasteiger charge is 2.11. The summed E-state index contributed by atoms with van der Waals surface area (Å²) in [5, 5.41) is 3.12. The second kappa shape index (κ2) is 9.73. The summed E-state index contributed by atoms with van der Waals surface area (Å²) in [4.78, 5) is 20.1. The first kappa shape index (κ1) is 20.5. The van der Waals surface area contributed by atoms with Crippen LogP contribution in [0.4, 0.5) is 11.4 Å². The molecule has 2 rings (SSSR count). The van der Waals surface area contributed by atoms with Gasteiger partial charge in [0.25, 0.3) is 5.91 Å². The summed E-state index contributed by atoms with van der Waals surface area (Å²) in [5.74, 6) is -0.171. The van der Waals surface area contributed by atoms with E-state index < -0.39 is 5.91 Å². The van der Waals surface area contributed by atoms with Crippen LogP contribution >= 0.6 is 12.2 Å². The van der Waals surface area contributed by atoms with Crippen LogP contribution in [-0.4, -0.2) is 30.0 Å². The largest absolute Gasteiger partial charge is 0.497 e. The van der Waals surface area contributed by atoms with Gasteiger partial charge in [0.1, 0.15) is 5.75 Å². The van der Waals surface area contributed by atoms with E-state index in [-0.39, 0.29) is 22.6 Å². The van der Waals surface area contributed by atoms with Crippen LogP contribution in [0.15, 0.2) is 58.5 Å². The number of amides is 1. The lowest BCUT2D eigenvalue weighted by Crippen LogP contribution is -2.43. The van der Waals surface area contributed by atoms with Crippen molar-refractivity contribution in [1.82, 2.24) is 10.9 Å². The van der Waals surface area contributed by atoms with Gasteiger partial charge < -0.3 is 27.3 Å². The summed E-state index contributed by atoms with van der Waals surface area (Å²) in [6.45, 7) is 0. The maximum absolute atomic E-state index is 12.4. The number of hydrogen-bond acceptors (Lipinski definition) is 4. The van der Waals surface area contributed by atoms with Crippen molar-refractivity contribution in [3.05, 3.63) is 54.1 Å². The number of carbonyl (C=O) groups is 1. The summed E-state index contributed by atoms with van der Waals surface area (Å²) < 4.78 is 5.09.